The average Bonchev–Trinajstić information content (AvgIpc) is 2.41. The summed E-state index contributed by atoms with van der Waals surface area (Å²) in [7, 11) is 3.50. The van der Waals surface area contributed by atoms with Gasteiger partial charge in [-0.25, -0.2) is 0 Å². The molecular formula is C13H26N2O6. The fraction of sp³-hybridized carbons (Fsp3) is 0.923. The van der Waals surface area contributed by atoms with Crippen LogP contribution in [0, 0.1) is 0 Å². The topological polar surface area (TPSA) is 114 Å². The van der Waals surface area contributed by atoms with Gasteiger partial charge in [-0.1, -0.05) is 6.92 Å². The van der Waals surface area contributed by atoms with E-state index in [1.807, 2.05) is 6.92 Å². The number of ether oxygens (including phenoxy) is 1. The number of amides is 1. The van der Waals surface area contributed by atoms with Gasteiger partial charge in [0.05, 0.1) is 13.3 Å². The Morgan fingerprint density at radius 1 is 1.19 bits per heavy atom. The predicted octanol–water partition coefficient (Wildman–Crippen LogP) is -2.07. The highest BCUT2D eigenvalue weighted by Crippen LogP contribution is 2.24. The van der Waals surface area contributed by atoms with Crippen LogP contribution in [0.2, 0.25) is 0 Å². The van der Waals surface area contributed by atoms with Gasteiger partial charge in [-0.05, 0) is 20.5 Å². The summed E-state index contributed by atoms with van der Waals surface area (Å²) in [5.41, 5.74) is 0. The van der Waals surface area contributed by atoms with Crippen LogP contribution < -0.4 is 0 Å². The molecule has 124 valence electrons. The van der Waals surface area contributed by atoms with Gasteiger partial charge in [0.25, 0.3) is 0 Å². The third kappa shape index (κ3) is 4.35. The first-order valence-electron chi connectivity index (χ1n) is 7.08. The number of nitrogens with zero attached hydrogens (tertiary/aromatic N) is 2. The molecule has 0 radical (unpaired) electrons. The van der Waals surface area contributed by atoms with E-state index in [2.05, 4.69) is 0 Å². The van der Waals surface area contributed by atoms with Crippen LogP contribution in [0.5, 0.6) is 0 Å². The Morgan fingerprint density at radius 2 is 1.81 bits per heavy atom. The van der Waals surface area contributed by atoms with Gasteiger partial charge in [0.15, 0.2) is 6.29 Å². The molecule has 0 aliphatic carbocycles. The van der Waals surface area contributed by atoms with E-state index in [1.54, 1.807) is 19.0 Å². The van der Waals surface area contributed by atoms with E-state index in [-0.39, 0.29) is 19.0 Å². The summed E-state index contributed by atoms with van der Waals surface area (Å²) in [6.07, 6.45) is -4.42. The summed E-state index contributed by atoms with van der Waals surface area (Å²) in [6.45, 7) is 1.50. The van der Waals surface area contributed by atoms with Crippen LogP contribution in [-0.2, 0) is 9.53 Å². The second-order valence-electron chi connectivity index (χ2n) is 5.55. The predicted molar refractivity (Wildman–Crippen MR) is 74.1 cm³/mol. The molecule has 0 aromatic rings. The molecule has 0 aromatic carbocycles. The van der Waals surface area contributed by atoms with Crippen LogP contribution in [0.4, 0.5) is 0 Å². The smallest absolute Gasteiger partial charge is 0.224 e. The van der Waals surface area contributed by atoms with Crippen molar-refractivity contribution in [2.45, 2.75) is 50.4 Å². The van der Waals surface area contributed by atoms with Crippen molar-refractivity contribution in [3.63, 3.8) is 0 Å². The Morgan fingerprint density at radius 3 is 2.29 bits per heavy atom. The van der Waals surface area contributed by atoms with E-state index in [0.29, 0.717) is 6.42 Å². The van der Waals surface area contributed by atoms with E-state index in [4.69, 9.17) is 9.84 Å². The van der Waals surface area contributed by atoms with Gasteiger partial charge in [0.2, 0.25) is 5.91 Å². The van der Waals surface area contributed by atoms with Gasteiger partial charge in [0, 0.05) is 6.42 Å². The number of aliphatic hydroxyl groups is 4. The van der Waals surface area contributed by atoms with Crippen LogP contribution in [0.3, 0.4) is 0 Å². The third-order valence-corrected chi connectivity index (χ3v) is 3.45. The third-order valence-electron chi connectivity index (χ3n) is 3.45. The molecule has 1 heterocycles. The van der Waals surface area contributed by atoms with Crippen molar-refractivity contribution in [2.75, 3.05) is 27.4 Å². The second-order valence-corrected chi connectivity index (χ2v) is 5.55. The molecule has 0 saturated carbocycles. The molecule has 1 saturated heterocycles. The molecule has 0 spiro atoms. The highest BCUT2D eigenvalue weighted by Gasteiger charge is 2.47. The molecule has 21 heavy (non-hydrogen) atoms. The Balaban J connectivity index is 2.96. The monoisotopic (exact) mass is 306 g/mol. The van der Waals surface area contributed by atoms with Crippen LogP contribution >= 0.6 is 0 Å². The fourth-order valence-corrected chi connectivity index (χ4v) is 2.42. The number of hydrogen-bond donors (Lipinski definition) is 4. The second kappa shape index (κ2) is 8.02. The van der Waals surface area contributed by atoms with Gasteiger partial charge in [-0.2, -0.15) is 0 Å². The molecule has 1 fully saturated rings. The zero-order valence-electron chi connectivity index (χ0n) is 12.7. The summed E-state index contributed by atoms with van der Waals surface area (Å²) >= 11 is 0. The SMILES string of the molecule is CCCC(=O)N(CN(C)C)[C@H]1C(O)O[C@H](CO)[C@@H](O)[C@@H]1O. The lowest BCUT2D eigenvalue weighted by molar-refractivity contribution is -0.272. The van der Waals surface area contributed by atoms with Gasteiger partial charge in [0.1, 0.15) is 24.4 Å². The Labute approximate surface area is 124 Å². The molecule has 4 N–H and O–H groups in total. The van der Waals surface area contributed by atoms with Crippen molar-refractivity contribution in [1.29, 1.82) is 0 Å². The first kappa shape index (κ1) is 18.3. The van der Waals surface area contributed by atoms with Crippen LogP contribution in [0.15, 0.2) is 0 Å². The summed E-state index contributed by atoms with van der Waals surface area (Å²) in [5.74, 6) is -0.243. The lowest BCUT2D eigenvalue weighted by Gasteiger charge is -2.45. The zero-order chi connectivity index (χ0) is 16.2. The maximum atomic E-state index is 12.2. The molecule has 1 amide bonds. The number of hydrogen-bond acceptors (Lipinski definition) is 7. The van der Waals surface area contributed by atoms with Crippen molar-refractivity contribution in [3.05, 3.63) is 0 Å². The molecule has 1 aliphatic rings. The summed E-state index contributed by atoms with van der Waals surface area (Å²) in [5, 5.41) is 39.2. The summed E-state index contributed by atoms with van der Waals surface area (Å²) < 4.78 is 5.10. The number of carbonyl (C=O) groups is 1. The highest BCUT2D eigenvalue weighted by atomic mass is 16.6. The first-order valence-corrected chi connectivity index (χ1v) is 7.08. The van der Waals surface area contributed by atoms with Crippen LogP contribution in [0.1, 0.15) is 19.8 Å². The quantitative estimate of drug-likeness (QED) is 0.417. The molecular weight excluding hydrogens is 280 g/mol. The van der Waals surface area contributed by atoms with Crippen molar-refractivity contribution in [1.82, 2.24) is 9.80 Å². The van der Waals surface area contributed by atoms with Crippen molar-refractivity contribution in [2.24, 2.45) is 0 Å². The van der Waals surface area contributed by atoms with Gasteiger partial charge in [-0.3, -0.25) is 9.69 Å². The van der Waals surface area contributed by atoms with E-state index >= 15 is 0 Å². The standard InChI is InChI=1S/C13H26N2O6/c1-4-5-9(17)15(7-14(2)3)10-12(19)11(18)8(6-16)21-13(10)20/h8,10-13,16,18-20H,4-7H2,1-3H3/t8-,10-,11-,12-,13?/m1/s1. The van der Waals surface area contributed by atoms with Crippen molar-refractivity contribution in [3.8, 4) is 0 Å². The summed E-state index contributed by atoms with van der Waals surface area (Å²) in [6, 6.07) is -1.08. The highest BCUT2D eigenvalue weighted by molar-refractivity contribution is 5.76. The number of carbonyl (C=O) groups excluding carboxylic acids is 1. The minimum Gasteiger partial charge on any atom is -0.394 e. The minimum absolute atomic E-state index is 0.178. The van der Waals surface area contributed by atoms with Crippen LogP contribution in [0.25, 0.3) is 0 Å². The largest absolute Gasteiger partial charge is 0.394 e. The normalized spacial score (nSPS) is 33.2. The Hall–Kier alpha value is -0.770. The lowest BCUT2D eigenvalue weighted by atomic mass is 9.95. The van der Waals surface area contributed by atoms with E-state index in [1.165, 1.54) is 4.90 Å². The lowest BCUT2D eigenvalue weighted by Crippen LogP contribution is -2.66. The van der Waals surface area contributed by atoms with E-state index < -0.39 is 37.3 Å². The molecule has 1 aliphatic heterocycles. The maximum Gasteiger partial charge on any atom is 0.224 e. The molecule has 5 atom stereocenters. The Kier molecular flexibility index (Phi) is 6.98. The molecule has 0 aromatic heterocycles. The molecule has 1 rings (SSSR count). The molecule has 8 nitrogen and oxygen atoms in total. The van der Waals surface area contributed by atoms with E-state index in [9.17, 15) is 20.1 Å². The van der Waals surface area contributed by atoms with Crippen molar-refractivity contribution >= 4 is 5.91 Å². The molecule has 8 heteroatoms. The average molecular weight is 306 g/mol. The molecule has 1 unspecified atom stereocenters. The van der Waals surface area contributed by atoms with Gasteiger partial charge >= 0.3 is 0 Å². The summed E-state index contributed by atoms with van der Waals surface area (Å²) in [4.78, 5) is 15.2. The number of rotatable bonds is 6. The van der Waals surface area contributed by atoms with E-state index in [0.717, 1.165) is 0 Å². The fourth-order valence-electron chi connectivity index (χ4n) is 2.42. The number of aliphatic hydroxyl groups excluding tert-OH is 4. The first-order chi connectivity index (χ1) is 9.83. The Bertz CT molecular complexity index is 341. The molecule has 0 bridgehead atoms. The zero-order valence-corrected chi connectivity index (χ0v) is 12.7. The minimum atomic E-state index is -1.47. The maximum absolute atomic E-state index is 12.2. The van der Waals surface area contributed by atoms with Gasteiger partial charge in [-0.15, -0.1) is 0 Å². The van der Waals surface area contributed by atoms with Crippen molar-refractivity contribution < 1.29 is 30.0 Å². The van der Waals surface area contributed by atoms with Gasteiger partial charge < -0.3 is 30.1 Å². The van der Waals surface area contributed by atoms with Crippen LogP contribution in [-0.4, -0.2) is 94.1 Å².